The third kappa shape index (κ3) is 3.21. The van der Waals surface area contributed by atoms with E-state index < -0.39 is 0 Å². The Labute approximate surface area is 99.0 Å². The molecule has 0 N–H and O–H groups in total. The lowest BCUT2D eigenvalue weighted by Crippen LogP contribution is -2.22. The van der Waals surface area contributed by atoms with Crippen LogP contribution >= 0.6 is 11.6 Å². The van der Waals surface area contributed by atoms with Crippen LogP contribution in [0.25, 0.3) is 0 Å². The molecule has 0 fully saturated rings. The lowest BCUT2D eigenvalue weighted by atomic mass is 10.4. The van der Waals surface area contributed by atoms with Crippen LogP contribution in [0.4, 0.5) is 0 Å². The quantitative estimate of drug-likeness (QED) is 0.561. The zero-order valence-electron chi connectivity index (χ0n) is 9.40. The topological polar surface area (TPSA) is 53.4 Å². The van der Waals surface area contributed by atoms with Gasteiger partial charge in [-0.05, 0) is 13.3 Å². The summed E-state index contributed by atoms with van der Waals surface area (Å²) in [5.74, 6) is 0.0839. The van der Waals surface area contributed by atoms with Gasteiger partial charge in [-0.2, -0.15) is 0 Å². The Morgan fingerprint density at radius 3 is 2.94 bits per heavy atom. The van der Waals surface area contributed by atoms with E-state index in [-0.39, 0.29) is 16.5 Å². The maximum atomic E-state index is 11.8. The number of hydrogen-bond acceptors (Lipinski definition) is 4. The molecule has 16 heavy (non-hydrogen) atoms. The van der Waals surface area contributed by atoms with Gasteiger partial charge >= 0.3 is 0 Å². The number of nitrogens with zero attached hydrogens (tertiary/aromatic N) is 2. The second-order valence-corrected chi connectivity index (χ2v) is 3.48. The van der Waals surface area contributed by atoms with Gasteiger partial charge in [0.1, 0.15) is 0 Å². The number of ether oxygens (including phenoxy) is 2. The first-order chi connectivity index (χ1) is 7.70. The fraction of sp³-hybridized carbons (Fsp3) is 0.600. The maximum Gasteiger partial charge on any atom is 0.297 e. The van der Waals surface area contributed by atoms with E-state index >= 15 is 0 Å². The summed E-state index contributed by atoms with van der Waals surface area (Å²) in [6.45, 7) is 3.77. The van der Waals surface area contributed by atoms with Crippen LogP contribution in [0, 0.1) is 0 Å². The minimum absolute atomic E-state index is 0.0839. The van der Waals surface area contributed by atoms with Crippen LogP contribution in [0.1, 0.15) is 13.3 Å². The molecular formula is C10H15ClN2O3. The zero-order valence-corrected chi connectivity index (χ0v) is 10.2. The van der Waals surface area contributed by atoms with Crippen LogP contribution in [-0.4, -0.2) is 29.9 Å². The summed E-state index contributed by atoms with van der Waals surface area (Å²) in [4.78, 5) is 15.6. The molecule has 5 nitrogen and oxygen atoms in total. The highest BCUT2D eigenvalue weighted by Gasteiger charge is 2.09. The Balaban J connectivity index is 2.70. The molecule has 0 aliphatic carbocycles. The first kappa shape index (κ1) is 13.0. The van der Waals surface area contributed by atoms with E-state index in [9.17, 15) is 4.79 Å². The molecule has 1 aromatic rings. The smallest absolute Gasteiger partial charge is 0.297 e. The molecule has 1 heterocycles. The molecule has 6 heteroatoms. The Morgan fingerprint density at radius 2 is 2.31 bits per heavy atom. The third-order valence-electron chi connectivity index (χ3n) is 2.05. The van der Waals surface area contributed by atoms with Crippen LogP contribution in [0.3, 0.4) is 0 Å². The number of aromatic nitrogens is 2. The molecule has 0 unspecified atom stereocenters. The second kappa shape index (κ2) is 6.50. The van der Waals surface area contributed by atoms with Crippen LogP contribution in [0.15, 0.2) is 11.1 Å². The van der Waals surface area contributed by atoms with Crippen LogP contribution in [-0.2, 0) is 11.3 Å². The molecule has 0 atom stereocenters. The minimum Gasteiger partial charge on any atom is -0.489 e. The molecule has 0 saturated heterocycles. The predicted molar refractivity (Wildman–Crippen MR) is 61.2 cm³/mol. The van der Waals surface area contributed by atoms with E-state index in [0.29, 0.717) is 19.8 Å². The summed E-state index contributed by atoms with van der Waals surface area (Å²) in [5.41, 5.74) is -0.265. The number of hydrogen-bond donors (Lipinski definition) is 0. The molecular weight excluding hydrogens is 232 g/mol. The lowest BCUT2D eigenvalue weighted by molar-refractivity contribution is 0.141. The van der Waals surface area contributed by atoms with Crippen LogP contribution < -0.4 is 10.3 Å². The van der Waals surface area contributed by atoms with Crippen molar-refractivity contribution in [1.29, 1.82) is 0 Å². The fourth-order valence-electron chi connectivity index (χ4n) is 1.26. The molecule has 0 aliphatic rings. The van der Waals surface area contributed by atoms with E-state index in [2.05, 4.69) is 4.98 Å². The number of aryl methyl sites for hydroxylation is 1. The van der Waals surface area contributed by atoms with Gasteiger partial charge in [-0.25, -0.2) is 4.98 Å². The van der Waals surface area contributed by atoms with Gasteiger partial charge in [0.2, 0.25) is 5.75 Å². The average molecular weight is 247 g/mol. The summed E-state index contributed by atoms with van der Waals surface area (Å²) in [7, 11) is 1.40. The summed E-state index contributed by atoms with van der Waals surface area (Å²) in [6, 6.07) is 0. The normalized spacial score (nSPS) is 10.4. The Morgan fingerprint density at radius 1 is 1.56 bits per heavy atom. The van der Waals surface area contributed by atoms with Crippen molar-refractivity contribution >= 4 is 11.6 Å². The molecule has 0 aliphatic heterocycles. The van der Waals surface area contributed by atoms with Crippen molar-refractivity contribution in [2.75, 3.05) is 20.3 Å². The lowest BCUT2D eigenvalue weighted by Gasteiger charge is -2.07. The third-order valence-corrected chi connectivity index (χ3v) is 2.32. The summed E-state index contributed by atoms with van der Waals surface area (Å²) < 4.78 is 11.5. The van der Waals surface area contributed by atoms with Gasteiger partial charge in [-0.1, -0.05) is 11.6 Å². The average Bonchev–Trinajstić information content (AvgIpc) is 2.28. The van der Waals surface area contributed by atoms with Gasteiger partial charge in [0, 0.05) is 19.8 Å². The van der Waals surface area contributed by atoms with Crippen molar-refractivity contribution in [3.63, 3.8) is 0 Å². The van der Waals surface area contributed by atoms with Crippen LogP contribution in [0.5, 0.6) is 5.75 Å². The Bertz CT molecular complexity index is 392. The van der Waals surface area contributed by atoms with E-state index in [4.69, 9.17) is 21.1 Å². The Kier molecular flexibility index (Phi) is 5.28. The molecule has 0 radical (unpaired) electrons. The second-order valence-electron chi connectivity index (χ2n) is 3.12. The number of halogens is 1. The van der Waals surface area contributed by atoms with Crippen molar-refractivity contribution in [2.45, 2.75) is 19.9 Å². The van der Waals surface area contributed by atoms with Gasteiger partial charge in [-0.15, -0.1) is 0 Å². The monoisotopic (exact) mass is 246 g/mol. The van der Waals surface area contributed by atoms with Gasteiger partial charge < -0.3 is 9.47 Å². The van der Waals surface area contributed by atoms with E-state index in [1.807, 2.05) is 6.92 Å². The summed E-state index contributed by atoms with van der Waals surface area (Å²) >= 11 is 5.71. The SMILES string of the molecule is CCOCCCn1cnc(Cl)c(OC)c1=O. The van der Waals surface area contributed by atoms with Crippen molar-refractivity contribution < 1.29 is 9.47 Å². The summed E-state index contributed by atoms with van der Waals surface area (Å²) in [6.07, 6.45) is 2.17. The first-order valence-electron chi connectivity index (χ1n) is 5.07. The minimum atomic E-state index is -0.265. The first-order valence-corrected chi connectivity index (χ1v) is 5.45. The molecule has 0 spiro atoms. The Hall–Kier alpha value is -1.07. The van der Waals surface area contributed by atoms with Crippen molar-refractivity contribution in [3.05, 3.63) is 21.8 Å². The largest absolute Gasteiger partial charge is 0.489 e. The van der Waals surface area contributed by atoms with E-state index in [1.165, 1.54) is 18.0 Å². The molecule has 0 bridgehead atoms. The molecule has 0 aromatic carbocycles. The number of methoxy groups -OCH3 is 1. The van der Waals surface area contributed by atoms with Crippen molar-refractivity contribution in [2.24, 2.45) is 0 Å². The molecule has 90 valence electrons. The highest BCUT2D eigenvalue weighted by Crippen LogP contribution is 2.14. The van der Waals surface area contributed by atoms with E-state index in [0.717, 1.165) is 6.42 Å². The highest BCUT2D eigenvalue weighted by atomic mass is 35.5. The fourth-order valence-corrected chi connectivity index (χ4v) is 1.46. The van der Waals surface area contributed by atoms with Gasteiger partial charge in [0.05, 0.1) is 13.4 Å². The summed E-state index contributed by atoms with van der Waals surface area (Å²) in [5, 5.41) is 0.0913. The van der Waals surface area contributed by atoms with Gasteiger partial charge in [-0.3, -0.25) is 9.36 Å². The van der Waals surface area contributed by atoms with E-state index in [1.54, 1.807) is 0 Å². The molecule has 1 rings (SSSR count). The molecule has 1 aromatic heterocycles. The molecule has 0 saturated carbocycles. The number of rotatable bonds is 6. The zero-order chi connectivity index (χ0) is 12.0. The maximum absolute atomic E-state index is 11.8. The predicted octanol–water partition coefficient (Wildman–Crippen LogP) is 1.33. The van der Waals surface area contributed by atoms with Crippen molar-refractivity contribution in [1.82, 2.24) is 9.55 Å². The van der Waals surface area contributed by atoms with Gasteiger partial charge in [0.25, 0.3) is 5.56 Å². The van der Waals surface area contributed by atoms with Crippen molar-refractivity contribution in [3.8, 4) is 5.75 Å². The standard InChI is InChI=1S/C10H15ClN2O3/c1-3-16-6-4-5-13-7-12-9(11)8(15-2)10(13)14/h7H,3-6H2,1-2H3. The highest BCUT2D eigenvalue weighted by molar-refractivity contribution is 6.30. The van der Waals surface area contributed by atoms with Crippen LogP contribution in [0.2, 0.25) is 5.15 Å². The van der Waals surface area contributed by atoms with Gasteiger partial charge in [0.15, 0.2) is 5.15 Å². The molecule has 0 amide bonds.